The van der Waals surface area contributed by atoms with Crippen LogP contribution in [-0.4, -0.2) is 61.1 Å². The summed E-state index contributed by atoms with van der Waals surface area (Å²) in [6, 6.07) is 33.0. The van der Waals surface area contributed by atoms with Crippen LogP contribution in [0.15, 0.2) is 122 Å². The summed E-state index contributed by atoms with van der Waals surface area (Å²) in [5.74, 6) is -0.994. The van der Waals surface area contributed by atoms with Gasteiger partial charge in [-0.15, -0.1) is 10.2 Å². The van der Waals surface area contributed by atoms with Crippen LogP contribution in [0.25, 0.3) is 28.2 Å². The molecule has 13 heteroatoms. The lowest BCUT2D eigenvalue weighted by Crippen LogP contribution is -2.26. The minimum absolute atomic E-state index is 0.00509. The van der Waals surface area contributed by atoms with Gasteiger partial charge in [0.1, 0.15) is 30.4 Å². The normalized spacial score (nSPS) is 12.2. The Morgan fingerprint density at radius 1 is 0.642 bits per heavy atom. The smallest absolute Gasteiger partial charge is 0.338 e. The highest BCUT2D eigenvalue weighted by Crippen LogP contribution is 2.34. The molecule has 0 aliphatic rings. The molecule has 0 saturated heterocycles. The van der Waals surface area contributed by atoms with Crippen molar-refractivity contribution < 1.29 is 33.3 Å². The molecule has 0 saturated carbocycles. The summed E-state index contributed by atoms with van der Waals surface area (Å²) in [6.07, 6.45) is 3.63. The minimum Gasteiger partial charge on any atom is -0.497 e. The number of carbonyl (C=O) groups excluding carboxylic acids is 3. The van der Waals surface area contributed by atoms with E-state index in [0.29, 0.717) is 29.2 Å². The van der Waals surface area contributed by atoms with Gasteiger partial charge < -0.3 is 18.9 Å². The Balaban J connectivity index is 1.13. The second-order valence-electron chi connectivity index (χ2n) is 19.0. The third kappa shape index (κ3) is 11.9. The molecule has 0 amide bonds. The van der Waals surface area contributed by atoms with Crippen LogP contribution in [0.5, 0.6) is 5.75 Å². The lowest BCUT2D eigenvalue weighted by Gasteiger charge is -2.26. The van der Waals surface area contributed by atoms with Crippen molar-refractivity contribution >= 4 is 17.9 Å². The molecule has 0 spiro atoms. The maximum atomic E-state index is 13.9. The SMILES string of the molecule is COc1ccc(COC(=O)c2cc(C(=O)OCc3ccc(-c4cn(C(Cc5ccccc5)C(=O)OC(C)C)nn4)c(C)c3)cc(-n3cc(-c4cc(C(C)(C)C)cc(C(C)(C)C)c4)nn3)c2)cc1. The Kier molecular flexibility index (Phi) is 14.2. The molecule has 13 nitrogen and oxygen atoms in total. The van der Waals surface area contributed by atoms with Gasteiger partial charge >= 0.3 is 17.9 Å². The molecule has 7 aromatic rings. The molecule has 1 unspecified atom stereocenters. The fourth-order valence-electron chi connectivity index (χ4n) is 7.42. The standard InChI is InChI=1S/C54H58N6O7/c1-34(2)67-52(63)49(23-36-14-12-11-13-15-36)60-31-48(56-58-60)46-21-18-38(22-35(46)3)33-66-51(62)41-24-40(50(61)65-32-37-16-19-45(64-10)20-17-37)27-44(28-41)59-30-47(55-57-59)39-25-42(53(4,5)6)29-43(26-39)54(7,8)9/h11-22,24-31,34,49H,23,32-33H2,1-10H3. The molecule has 0 aliphatic carbocycles. The Labute approximate surface area is 392 Å². The topological polar surface area (TPSA) is 150 Å². The summed E-state index contributed by atoms with van der Waals surface area (Å²) in [4.78, 5) is 40.8. The predicted molar refractivity (Wildman–Crippen MR) is 256 cm³/mol. The predicted octanol–water partition coefficient (Wildman–Crippen LogP) is 10.6. The molecule has 7 rings (SSSR count). The summed E-state index contributed by atoms with van der Waals surface area (Å²) in [6.45, 7) is 18.6. The van der Waals surface area contributed by atoms with E-state index < -0.39 is 23.9 Å². The van der Waals surface area contributed by atoms with E-state index in [9.17, 15) is 14.4 Å². The van der Waals surface area contributed by atoms with Crippen molar-refractivity contribution in [3.8, 4) is 34.0 Å². The zero-order valence-electron chi connectivity index (χ0n) is 39.9. The number of ether oxygens (including phenoxy) is 4. The summed E-state index contributed by atoms with van der Waals surface area (Å²) < 4.78 is 25.5. The average Bonchev–Trinajstić information content (AvgIpc) is 4.00. The molecule has 2 aromatic heterocycles. The van der Waals surface area contributed by atoms with Crippen LogP contribution in [0, 0.1) is 6.92 Å². The molecule has 0 bridgehead atoms. The molecular formula is C54H58N6O7. The van der Waals surface area contributed by atoms with Crippen LogP contribution >= 0.6 is 0 Å². The Hall–Kier alpha value is -7.41. The van der Waals surface area contributed by atoms with E-state index in [1.807, 2.05) is 81.4 Å². The zero-order valence-corrected chi connectivity index (χ0v) is 39.9. The van der Waals surface area contributed by atoms with Gasteiger partial charge in [0.25, 0.3) is 0 Å². The van der Waals surface area contributed by atoms with Gasteiger partial charge in [-0.2, -0.15) is 0 Å². The molecule has 0 N–H and O–H groups in total. The molecule has 0 fully saturated rings. The first-order valence-corrected chi connectivity index (χ1v) is 22.3. The minimum atomic E-state index is -0.710. The molecule has 2 heterocycles. The fourth-order valence-corrected chi connectivity index (χ4v) is 7.42. The van der Waals surface area contributed by atoms with Crippen LogP contribution in [0.1, 0.15) is 116 Å². The highest BCUT2D eigenvalue weighted by molar-refractivity contribution is 5.96. The van der Waals surface area contributed by atoms with Crippen LogP contribution in [0.2, 0.25) is 0 Å². The first kappa shape index (κ1) is 47.5. The van der Waals surface area contributed by atoms with E-state index in [2.05, 4.69) is 80.4 Å². The quantitative estimate of drug-likeness (QED) is 0.0715. The van der Waals surface area contributed by atoms with Crippen LogP contribution in [0.4, 0.5) is 0 Å². The second-order valence-corrected chi connectivity index (χ2v) is 19.0. The summed E-state index contributed by atoms with van der Waals surface area (Å²) in [5, 5.41) is 17.8. The van der Waals surface area contributed by atoms with E-state index in [1.165, 1.54) is 17.2 Å². The Morgan fingerprint density at radius 3 is 1.82 bits per heavy atom. The van der Waals surface area contributed by atoms with Crippen molar-refractivity contribution in [2.45, 2.75) is 105 Å². The Bertz CT molecular complexity index is 2840. The molecule has 0 aliphatic heterocycles. The maximum absolute atomic E-state index is 13.9. The van der Waals surface area contributed by atoms with Crippen molar-refractivity contribution in [3.05, 3.63) is 166 Å². The van der Waals surface area contributed by atoms with Crippen molar-refractivity contribution in [3.63, 3.8) is 0 Å². The van der Waals surface area contributed by atoms with Gasteiger partial charge in [0, 0.05) is 17.5 Å². The summed E-state index contributed by atoms with van der Waals surface area (Å²) in [7, 11) is 1.58. The molecule has 67 heavy (non-hydrogen) atoms. The van der Waals surface area contributed by atoms with Crippen molar-refractivity contribution in [2.24, 2.45) is 0 Å². The van der Waals surface area contributed by atoms with Crippen molar-refractivity contribution in [1.82, 2.24) is 30.0 Å². The monoisotopic (exact) mass is 902 g/mol. The van der Waals surface area contributed by atoms with Gasteiger partial charge in [-0.3, -0.25) is 0 Å². The van der Waals surface area contributed by atoms with E-state index in [4.69, 9.17) is 18.9 Å². The number of aryl methyl sites for hydroxylation is 1. The van der Waals surface area contributed by atoms with E-state index in [0.717, 1.165) is 33.4 Å². The number of aromatic nitrogens is 6. The number of rotatable bonds is 15. The summed E-state index contributed by atoms with van der Waals surface area (Å²) >= 11 is 0. The first-order valence-electron chi connectivity index (χ1n) is 22.3. The number of esters is 3. The highest BCUT2D eigenvalue weighted by atomic mass is 16.5. The van der Waals surface area contributed by atoms with E-state index in [1.54, 1.807) is 53.1 Å². The molecule has 0 radical (unpaired) electrons. The first-order chi connectivity index (χ1) is 31.8. The molecule has 346 valence electrons. The number of hydrogen-bond donors (Lipinski definition) is 0. The highest BCUT2D eigenvalue weighted by Gasteiger charge is 2.27. The van der Waals surface area contributed by atoms with E-state index >= 15 is 0 Å². The van der Waals surface area contributed by atoms with Gasteiger partial charge in [0.2, 0.25) is 0 Å². The molecule has 1 atom stereocenters. The number of benzene rings is 5. The fraction of sp³-hybridized carbons (Fsp3) is 0.315. The Morgan fingerprint density at radius 2 is 1.24 bits per heavy atom. The van der Waals surface area contributed by atoms with E-state index in [-0.39, 0.29) is 41.3 Å². The van der Waals surface area contributed by atoms with Gasteiger partial charge in [-0.05, 0) is 107 Å². The van der Waals surface area contributed by atoms with Crippen molar-refractivity contribution in [1.29, 1.82) is 0 Å². The van der Waals surface area contributed by atoms with Crippen LogP contribution in [-0.2, 0) is 49.5 Å². The largest absolute Gasteiger partial charge is 0.497 e. The van der Waals surface area contributed by atoms with Gasteiger partial charge in [0.15, 0.2) is 6.04 Å². The van der Waals surface area contributed by atoms with Crippen LogP contribution in [0.3, 0.4) is 0 Å². The van der Waals surface area contributed by atoms with Gasteiger partial charge in [-0.25, -0.2) is 23.7 Å². The number of carbonyl (C=O) groups is 3. The lowest BCUT2D eigenvalue weighted by molar-refractivity contribution is -0.151. The number of nitrogens with zero attached hydrogens (tertiary/aromatic N) is 6. The maximum Gasteiger partial charge on any atom is 0.338 e. The van der Waals surface area contributed by atoms with Crippen LogP contribution < -0.4 is 4.74 Å². The number of hydrogen-bond acceptors (Lipinski definition) is 11. The average molecular weight is 903 g/mol. The third-order valence-electron chi connectivity index (χ3n) is 11.3. The van der Waals surface area contributed by atoms with Gasteiger partial charge in [-0.1, -0.05) is 119 Å². The molecular weight excluding hydrogens is 845 g/mol. The summed E-state index contributed by atoms with van der Waals surface area (Å²) in [5.41, 5.74) is 9.04. The van der Waals surface area contributed by atoms with Gasteiger partial charge in [0.05, 0.1) is 42.4 Å². The zero-order chi connectivity index (χ0) is 48.0. The third-order valence-corrected chi connectivity index (χ3v) is 11.3. The lowest BCUT2D eigenvalue weighted by atomic mass is 9.79. The number of methoxy groups -OCH3 is 1. The molecule has 5 aromatic carbocycles. The van der Waals surface area contributed by atoms with Crippen molar-refractivity contribution in [2.75, 3.05) is 7.11 Å². The second kappa shape index (κ2) is 20.0.